The molecule has 0 spiro atoms. The molecule has 0 radical (unpaired) electrons. The molecule has 660 valence electrons. The van der Waals surface area contributed by atoms with Gasteiger partial charge in [-0.25, -0.2) is 0 Å². The highest BCUT2D eigenvalue weighted by atomic mass is 32.1. The molecule has 9 heteroatoms. The molecular formula is C132H81N3O2S4. The molecule has 6 aromatic heterocycles. The molecule has 0 amide bonds. The first-order valence-corrected chi connectivity index (χ1v) is 51.1. The Hall–Kier alpha value is -17.3. The van der Waals surface area contributed by atoms with Gasteiger partial charge >= 0.3 is 0 Å². The molecule has 0 unspecified atom stereocenters. The van der Waals surface area contributed by atoms with Gasteiger partial charge in [0.2, 0.25) is 0 Å². The zero-order chi connectivity index (χ0) is 92.7. The van der Waals surface area contributed by atoms with Gasteiger partial charge in [-0.15, -0.1) is 45.3 Å². The number of hydrogen-bond donors (Lipinski definition) is 0. The average molecular weight is 1870 g/mol. The van der Waals surface area contributed by atoms with Crippen molar-refractivity contribution in [1.29, 1.82) is 0 Å². The molecule has 0 N–H and O–H groups in total. The predicted molar refractivity (Wildman–Crippen MR) is 611 cm³/mol. The van der Waals surface area contributed by atoms with E-state index in [4.69, 9.17) is 8.83 Å². The summed E-state index contributed by atoms with van der Waals surface area (Å²) in [6, 6.07) is 178. The van der Waals surface area contributed by atoms with Crippen LogP contribution in [0.25, 0.3) is 223 Å². The maximum absolute atomic E-state index is 6.71. The number of rotatable bonds is 12. The van der Waals surface area contributed by atoms with E-state index in [1.807, 2.05) is 45.3 Å². The van der Waals surface area contributed by atoms with Gasteiger partial charge in [0.25, 0.3) is 0 Å². The molecule has 141 heavy (non-hydrogen) atoms. The van der Waals surface area contributed by atoms with E-state index in [0.717, 1.165) is 94.5 Å². The molecule has 30 aromatic rings. The molecule has 0 atom stereocenters. The van der Waals surface area contributed by atoms with Gasteiger partial charge in [-0.3, -0.25) is 0 Å². The van der Waals surface area contributed by atoms with Crippen molar-refractivity contribution in [1.82, 2.24) is 0 Å². The van der Waals surface area contributed by atoms with Crippen LogP contribution in [0.5, 0.6) is 0 Å². The molecule has 0 saturated carbocycles. The van der Waals surface area contributed by atoms with Crippen molar-refractivity contribution in [3.63, 3.8) is 0 Å². The third-order valence-corrected chi connectivity index (χ3v) is 33.0. The maximum Gasteiger partial charge on any atom is 0.159 e. The molecular weight excluding hydrogens is 1790 g/mol. The molecule has 24 aromatic carbocycles. The predicted octanol–water partition coefficient (Wildman–Crippen LogP) is 40.7. The fraction of sp³-hybridized carbons (Fsp3) is 0. The van der Waals surface area contributed by atoms with Crippen LogP contribution in [-0.4, -0.2) is 0 Å². The zero-order valence-corrected chi connectivity index (χ0v) is 79.3. The first-order valence-electron chi connectivity index (χ1n) is 47.8. The number of thiophene rings is 4. The van der Waals surface area contributed by atoms with Crippen molar-refractivity contribution in [2.75, 3.05) is 14.7 Å². The Kier molecular flexibility index (Phi) is 19.7. The van der Waals surface area contributed by atoms with Crippen LogP contribution in [0.15, 0.2) is 500 Å². The van der Waals surface area contributed by atoms with Crippen molar-refractivity contribution in [2.45, 2.75) is 0 Å². The van der Waals surface area contributed by atoms with Crippen LogP contribution in [0.1, 0.15) is 0 Å². The minimum Gasteiger partial charge on any atom is -0.455 e. The van der Waals surface area contributed by atoms with E-state index in [2.05, 4.69) is 506 Å². The highest BCUT2D eigenvalue weighted by Crippen LogP contribution is 2.55. The Labute approximate surface area is 827 Å². The SMILES string of the molecule is c1ccc(-c2ccc(N(c3ccc4sc5ccccc5c4c3)c3cccc4c3oc3ccc5ccccc5c34)cc2)cc1.c1ccc(-c2ccc(N(c3ccc4sc5ccccc5c4c3)c3cccc4c3sc3ccc5ccccc5c34)cc2)cc1.c1ccc2c(-c3ccc(N(c4cc5c6ccccc6oc5c5ccccc45)c4cc5ccccc5c5c4sc4ccc6ccccc6c45)cc3)cccc2c1. The van der Waals surface area contributed by atoms with Crippen LogP contribution in [0.4, 0.5) is 51.2 Å². The van der Waals surface area contributed by atoms with Gasteiger partial charge < -0.3 is 23.5 Å². The summed E-state index contributed by atoms with van der Waals surface area (Å²) in [7, 11) is 0. The van der Waals surface area contributed by atoms with E-state index in [1.165, 1.54) is 179 Å². The molecule has 0 fully saturated rings. The van der Waals surface area contributed by atoms with Crippen molar-refractivity contribution >= 4 is 286 Å². The van der Waals surface area contributed by atoms with Crippen molar-refractivity contribution in [2.24, 2.45) is 0 Å². The summed E-state index contributed by atoms with van der Waals surface area (Å²) >= 11 is 7.49. The number of anilines is 9. The summed E-state index contributed by atoms with van der Waals surface area (Å²) in [4.78, 5) is 7.29. The summed E-state index contributed by atoms with van der Waals surface area (Å²) in [6.45, 7) is 0. The molecule has 5 nitrogen and oxygen atoms in total. The van der Waals surface area contributed by atoms with Gasteiger partial charge in [0.15, 0.2) is 5.58 Å². The Morgan fingerprint density at radius 1 is 0.156 bits per heavy atom. The summed E-state index contributed by atoms with van der Waals surface area (Å²) in [5, 5.41) is 29.8. The lowest BCUT2D eigenvalue weighted by molar-refractivity contribution is 0.669. The van der Waals surface area contributed by atoms with E-state index < -0.39 is 0 Å². The van der Waals surface area contributed by atoms with Crippen LogP contribution in [0.2, 0.25) is 0 Å². The lowest BCUT2D eigenvalue weighted by atomic mass is 9.96. The second-order valence-electron chi connectivity index (χ2n) is 36.3. The Morgan fingerprint density at radius 3 is 1.16 bits per heavy atom. The topological polar surface area (TPSA) is 36.0 Å². The van der Waals surface area contributed by atoms with Gasteiger partial charge in [0, 0.05) is 132 Å². The van der Waals surface area contributed by atoms with Crippen molar-refractivity contribution in [3.05, 3.63) is 491 Å². The summed E-state index contributed by atoms with van der Waals surface area (Å²) in [5.41, 5.74) is 21.0. The number of nitrogens with zero attached hydrogens (tertiary/aromatic N) is 3. The fourth-order valence-corrected chi connectivity index (χ4v) is 26.4. The van der Waals surface area contributed by atoms with E-state index in [9.17, 15) is 0 Å². The van der Waals surface area contributed by atoms with Gasteiger partial charge in [0.05, 0.1) is 32.1 Å². The van der Waals surface area contributed by atoms with E-state index in [1.54, 1.807) is 0 Å². The molecule has 30 rings (SSSR count). The molecule has 0 bridgehead atoms. The van der Waals surface area contributed by atoms with Gasteiger partial charge in [-0.1, -0.05) is 358 Å². The number of fused-ring (bicyclic) bond motifs is 29. The number of furan rings is 2. The molecule has 0 aliphatic heterocycles. The largest absolute Gasteiger partial charge is 0.455 e. The third-order valence-electron chi connectivity index (χ3n) is 28.3. The standard InChI is InChI=1S/C52H31NOS.C40H25NOS.C40H25NS2/c1-4-16-37-32(12-1)15-11-22-38(37)34-24-27-36(28-25-34)53(45-31-44-42-20-9-10-23-47(42)54-51(44)43-21-8-7-19-41(43)45)46-30-35-14-3-6-18-40(35)50-49-39-17-5-2-13-33(39)26-29-48(49)55-52(46)50;1-2-9-26(10-3-1)27-17-20-29(21-18-27)41(30-22-24-38-34(25-30)32-13-6-7-16-37(32)43-38)35-15-8-14-33-39-31-12-5-4-11-28(31)19-23-36(39)42-40(33)35;1-2-9-26(10-3-1)27-17-20-29(21-18-27)41(30-22-24-37-34(25-30)32-13-6-7-16-36(32)42-37)35-15-8-14-33-39-31-12-5-4-11-28(31)19-23-38(39)43-40(33)35/h1-31H;2*1-25H. The highest BCUT2D eigenvalue weighted by molar-refractivity contribution is 7.27. The van der Waals surface area contributed by atoms with Gasteiger partial charge in [0.1, 0.15) is 16.7 Å². The lowest BCUT2D eigenvalue weighted by Crippen LogP contribution is -2.11. The van der Waals surface area contributed by atoms with E-state index in [0.29, 0.717) is 0 Å². The Balaban J connectivity index is 0.000000105. The van der Waals surface area contributed by atoms with Crippen LogP contribution in [-0.2, 0) is 0 Å². The van der Waals surface area contributed by atoms with Crippen LogP contribution in [0, 0.1) is 0 Å². The van der Waals surface area contributed by atoms with Gasteiger partial charge in [-0.2, -0.15) is 0 Å². The molecule has 0 aliphatic carbocycles. The highest BCUT2D eigenvalue weighted by Gasteiger charge is 2.29. The lowest BCUT2D eigenvalue weighted by Gasteiger charge is -2.28. The van der Waals surface area contributed by atoms with Gasteiger partial charge in [-0.05, 0) is 221 Å². The van der Waals surface area contributed by atoms with Crippen molar-refractivity contribution in [3.8, 4) is 33.4 Å². The normalized spacial score (nSPS) is 11.8. The molecule has 0 saturated heterocycles. The fourth-order valence-electron chi connectivity index (χ4n) is 21.8. The minimum atomic E-state index is 0.885. The van der Waals surface area contributed by atoms with Crippen LogP contribution in [0.3, 0.4) is 0 Å². The quantitative estimate of drug-likeness (QED) is 0.122. The van der Waals surface area contributed by atoms with Crippen LogP contribution >= 0.6 is 45.3 Å². The molecule has 6 heterocycles. The smallest absolute Gasteiger partial charge is 0.159 e. The first kappa shape index (κ1) is 82.0. The molecule has 0 aliphatic rings. The number of para-hydroxylation sites is 2. The zero-order valence-electron chi connectivity index (χ0n) is 76.1. The number of benzene rings is 24. The first-order chi connectivity index (χ1) is 69.9. The minimum absolute atomic E-state index is 0.885. The second kappa shape index (κ2) is 33.9. The Morgan fingerprint density at radius 2 is 0.553 bits per heavy atom. The summed E-state index contributed by atoms with van der Waals surface area (Å²) in [6.07, 6.45) is 0. The van der Waals surface area contributed by atoms with E-state index >= 15 is 0 Å². The summed E-state index contributed by atoms with van der Waals surface area (Å²) in [5.74, 6) is 0. The van der Waals surface area contributed by atoms with Crippen LogP contribution < -0.4 is 14.7 Å². The van der Waals surface area contributed by atoms with Crippen molar-refractivity contribution < 1.29 is 8.83 Å². The van der Waals surface area contributed by atoms with E-state index in [-0.39, 0.29) is 0 Å². The Bertz CT molecular complexity index is 9880. The average Bonchev–Trinajstić information content (AvgIpc) is 1.10. The third kappa shape index (κ3) is 13.9. The monoisotopic (exact) mass is 1870 g/mol. The number of hydrogen-bond acceptors (Lipinski definition) is 9. The summed E-state index contributed by atoms with van der Waals surface area (Å²) < 4.78 is 23.7. The maximum atomic E-state index is 6.71. The second-order valence-corrected chi connectivity index (χ2v) is 40.6.